The highest BCUT2D eigenvalue weighted by atomic mass is 16.3. The number of furan rings is 1. The number of imidazole rings is 1. The molecule has 1 aliphatic heterocycles. The molecule has 0 aromatic carbocycles. The van der Waals surface area contributed by atoms with Gasteiger partial charge in [0.25, 0.3) is 0 Å². The molecule has 0 radical (unpaired) electrons. The zero-order valence-electron chi connectivity index (χ0n) is 12.9. The summed E-state index contributed by atoms with van der Waals surface area (Å²) in [7, 11) is 0. The minimum Gasteiger partial charge on any atom is -0.448 e. The first kappa shape index (κ1) is 13.5. The van der Waals surface area contributed by atoms with Crippen LogP contribution in [0.5, 0.6) is 0 Å². The first-order valence-electron chi connectivity index (χ1n) is 7.85. The Morgan fingerprint density at radius 2 is 2.18 bits per heavy atom. The monoisotopic (exact) mass is 296 g/mol. The molecule has 0 amide bonds. The number of rotatable bonds is 3. The Morgan fingerprint density at radius 1 is 1.27 bits per heavy atom. The molecule has 1 aliphatic rings. The van der Waals surface area contributed by atoms with Gasteiger partial charge < -0.3 is 9.32 Å². The Morgan fingerprint density at radius 3 is 2.91 bits per heavy atom. The molecule has 0 bridgehead atoms. The number of pyridine rings is 1. The molecule has 3 aromatic heterocycles. The molecule has 1 fully saturated rings. The highest BCUT2D eigenvalue weighted by Crippen LogP contribution is 2.32. The van der Waals surface area contributed by atoms with E-state index in [-0.39, 0.29) is 0 Å². The molecule has 1 unspecified atom stereocenters. The molecule has 22 heavy (non-hydrogen) atoms. The molecule has 5 nitrogen and oxygen atoms in total. The molecule has 0 aliphatic carbocycles. The van der Waals surface area contributed by atoms with Crippen LogP contribution in [0.15, 0.2) is 41.1 Å². The van der Waals surface area contributed by atoms with Crippen LogP contribution in [0.25, 0.3) is 17.0 Å². The van der Waals surface area contributed by atoms with Gasteiger partial charge in [0.05, 0.1) is 6.26 Å². The van der Waals surface area contributed by atoms with Gasteiger partial charge in [-0.2, -0.15) is 0 Å². The van der Waals surface area contributed by atoms with E-state index in [1.165, 1.54) is 0 Å². The fourth-order valence-corrected chi connectivity index (χ4v) is 3.29. The quantitative estimate of drug-likeness (QED) is 0.744. The summed E-state index contributed by atoms with van der Waals surface area (Å²) in [5.74, 6) is 2.27. The molecular weight excluding hydrogens is 276 g/mol. The topological polar surface area (TPSA) is 47.1 Å². The number of fused-ring (bicyclic) bond motifs is 1. The molecule has 1 atom stereocenters. The van der Waals surface area contributed by atoms with Gasteiger partial charge in [-0.25, -0.2) is 14.5 Å². The Balaban J connectivity index is 1.82. The number of likely N-dealkylation sites (tertiary alicyclic amines) is 1. The molecule has 0 saturated carbocycles. The molecule has 1 saturated heterocycles. The second kappa shape index (κ2) is 5.25. The van der Waals surface area contributed by atoms with Crippen LogP contribution in [0, 0.1) is 0 Å². The summed E-state index contributed by atoms with van der Waals surface area (Å²) in [5.41, 5.74) is 1.80. The molecule has 4 heterocycles. The lowest BCUT2D eigenvalue weighted by Gasteiger charge is -2.20. The van der Waals surface area contributed by atoms with Crippen LogP contribution >= 0.6 is 0 Å². The normalized spacial score (nSPS) is 19.5. The van der Waals surface area contributed by atoms with Gasteiger partial charge in [-0.05, 0) is 45.0 Å². The largest absolute Gasteiger partial charge is 0.448 e. The first-order chi connectivity index (χ1) is 10.7. The van der Waals surface area contributed by atoms with Crippen molar-refractivity contribution in [3.8, 4) is 5.88 Å². The van der Waals surface area contributed by atoms with E-state index in [0.717, 1.165) is 42.4 Å². The predicted octanol–water partition coefficient (Wildman–Crippen LogP) is 3.21. The molecule has 3 aromatic rings. The number of hydrogen-bond acceptors (Lipinski definition) is 4. The fraction of sp³-hybridized carbons (Fsp3) is 0.412. The smallest absolute Gasteiger partial charge is 0.206 e. The third kappa shape index (κ3) is 2.13. The van der Waals surface area contributed by atoms with Crippen molar-refractivity contribution in [1.29, 1.82) is 0 Å². The summed E-state index contributed by atoms with van der Waals surface area (Å²) in [6, 6.07) is 8.39. The third-order valence-corrected chi connectivity index (χ3v) is 4.48. The van der Waals surface area contributed by atoms with Crippen LogP contribution in [-0.2, 0) is 0 Å². The van der Waals surface area contributed by atoms with Gasteiger partial charge in [-0.1, -0.05) is 0 Å². The van der Waals surface area contributed by atoms with Gasteiger partial charge >= 0.3 is 0 Å². The van der Waals surface area contributed by atoms with Crippen molar-refractivity contribution in [2.75, 3.05) is 13.1 Å². The van der Waals surface area contributed by atoms with Crippen molar-refractivity contribution in [3.05, 3.63) is 42.5 Å². The van der Waals surface area contributed by atoms with Crippen molar-refractivity contribution >= 4 is 11.2 Å². The SMILES string of the molecule is CC(C)N1CCC(c2nc3cccnc3n2-c2ccco2)C1. The lowest BCUT2D eigenvalue weighted by Crippen LogP contribution is -2.28. The van der Waals surface area contributed by atoms with E-state index in [1.54, 1.807) is 6.26 Å². The third-order valence-electron chi connectivity index (χ3n) is 4.48. The number of hydrogen-bond donors (Lipinski definition) is 0. The van der Waals surface area contributed by atoms with Crippen LogP contribution < -0.4 is 0 Å². The summed E-state index contributed by atoms with van der Waals surface area (Å²) in [6.45, 7) is 6.66. The van der Waals surface area contributed by atoms with Crippen LogP contribution in [0.2, 0.25) is 0 Å². The Bertz CT molecular complexity index is 775. The average molecular weight is 296 g/mol. The minimum absolute atomic E-state index is 0.418. The average Bonchev–Trinajstić information content (AvgIpc) is 3.24. The van der Waals surface area contributed by atoms with E-state index in [9.17, 15) is 0 Å². The van der Waals surface area contributed by atoms with Crippen molar-refractivity contribution in [1.82, 2.24) is 19.4 Å². The maximum atomic E-state index is 5.63. The summed E-state index contributed by atoms with van der Waals surface area (Å²) in [5, 5.41) is 0. The van der Waals surface area contributed by atoms with E-state index in [0.29, 0.717) is 12.0 Å². The van der Waals surface area contributed by atoms with Crippen molar-refractivity contribution in [3.63, 3.8) is 0 Å². The van der Waals surface area contributed by atoms with Crippen molar-refractivity contribution in [2.24, 2.45) is 0 Å². The van der Waals surface area contributed by atoms with Gasteiger partial charge in [0, 0.05) is 30.8 Å². The Hall–Kier alpha value is -2.14. The van der Waals surface area contributed by atoms with Gasteiger partial charge in [-0.3, -0.25) is 0 Å². The molecule has 5 heteroatoms. The van der Waals surface area contributed by atoms with Crippen LogP contribution in [0.1, 0.15) is 32.0 Å². The van der Waals surface area contributed by atoms with Crippen molar-refractivity contribution in [2.45, 2.75) is 32.2 Å². The second-order valence-electron chi connectivity index (χ2n) is 6.18. The maximum Gasteiger partial charge on any atom is 0.206 e. The lowest BCUT2D eigenvalue weighted by molar-refractivity contribution is 0.271. The number of aromatic nitrogens is 3. The maximum absolute atomic E-state index is 5.63. The lowest BCUT2D eigenvalue weighted by atomic mass is 10.1. The van der Waals surface area contributed by atoms with Gasteiger partial charge in [0.1, 0.15) is 11.3 Å². The van der Waals surface area contributed by atoms with Crippen LogP contribution in [0.4, 0.5) is 0 Å². The van der Waals surface area contributed by atoms with E-state index >= 15 is 0 Å². The predicted molar refractivity (Wildman–Crippen MR) is 85.2 cm³/mol. The van der Waals surface area contributed by atoms with E-state index in [2.05, 4.69) is 28.3 Å². The summed E-state index contributed by atoms with van der Waals surface area (Å²) < 4.78 is 7.70. The van der Waals surface area contributed by atoms with Crippen LogP contribution in [-0.4, -0.2) is 38.6 Å². The molecular formula is C17H20N4O. The Kier molecular flexibility index (Phi) is 3.22. The molecule has 114 valence electrons. The minimum atomic E-state index is 0.418. The number of nitrogens with zero attached hydrogens (tertiary/aromatic N) is 4. The zero-order chi connectivity index (χ0) is 15.1. The first-order valence-corrected chi connectivity index (χ1v) is 7.85. The van der Waals surface area contributed by atoms with Gasteiger partial charge in [0.15, 0.2) is 5.65 Å². The highest BCUT2D eigenvalue weighted by Gasteiger charge is 2.30. The zero-order valence-corrected chi connectivity index (χ0v) is 12.9. The van der Waals surface area contributed by atoms with Gasteiger partial charge in [0.2, 0.25) is 5.88 Å². The summed E-state index contributed by atoms with van der Waals surface area (Å²) in [6.07, 6.45) is 4.63. The molecule has 4 rings (SSSR count). The Labute approximate surface area is 129 Å². The van der Waals surface area contributed by atoms with E-state index in [1.807, 2.05) is 30.5 Å². The van der Waals surface area contributed by atoms with E-state index < -0.39 is 0 Å². The highest BCUT2D eigenvalue weighted by molar-refractivity contribution is 5.73. The summed E-state index contributed by atoms with van der Waals surface area (Å²) in [4.78, 5) is 11.9. The van der Waals surface area contributed by atoms with Gasteiger partial charge in [-0.15, -0.1) is 0 Å². The second-order valence-corrected chi connectivity index (χ2v) is 6.18. The summed E-state index contributed by atoms with van der Waals surface area (Å²) >= 11 is 0. The van der Waals surface area contributed by atoms with E-state index in [4.69, 9.17) is 9.40 Å². The van der Waals surface area contributed by atoms with Crippen molar-refractivity contribution < 1.29 is 4.42 Å². The molecule has 0 spiro atoms. The standard InChI is InChI=1S/C17H20N4O/c1-12(2)20-9-7-13(11-20)16-19-14-5-3-8-18-17(14)21(16)15-6-4-10-22-15/h3-6,8,10,12-13H,7,9,11H2,1-2H3. The molecule has 0 N–H and O–H groups in total. The fourth-order valence-electron chi connectivity index (χ4n) is 3.29. The van der Waals surface area contributed by atoms with Crippen LogP contribution in [0.3, 0.4) is 0 Å².